The Kier molecular flexibility index (Phi) is 4.61. The lowest BCUT2D eigenvalue weighted by molar-refractivity contribution is -0.119. The van der Waals surface area contributed by atoms with Crippen LogP contribution in [0.2, 0.25) is 0 Å². The summed E-state index contributed by atoms with van der Waals surface area (Å²) in [4.78, 5) is 25.8. The summed E-state index contributed by atoms with van der Waals surface area (Å²) in [6.07, 6.45) is 2.02. The molecule has 7 nitrogen and oxygen atoms in total. The second-order valence-electron chi connectivity index (χ2n) is 5.86. The van der Waals surface area contributed by atoms with E-state index in [1.807, 2.05) is 30.3 Å². The van der Waals surface area contributed by atoms with Crippen molar-refractivity contribution in [3.8, 4) is 0 Å². The molecule has 1 aromatic carbocycles. The molecule has 0 spiro atoms. The number of hydrogen-bond donors (Lipinski definition) is 1. The Morgan fingerprint density at radius 2 is 2.12 bits per heavy atom. The molecule has 2 aromatic rings. The van der Waals surface area contributed by atoms with Crippen LogP contribution < -0.4 is 16.2 Å². The summed E-state index contributed by atoms with van der Waals surface area (Å²) in [5.41, 5.74) is 6.84. The molecule has 2 atom stereocenters. The van der Waals surface area contributed by atoms with Gasteiger partial charge in [-0.25, -0.2) is 4.68 Å². The Morgan fingerprint density at radius 1 is 1.38 bits per heavy atom. The van der Waals surface area contributed by atoms with Crippen molar-refractivity contribution in [3.05, 3.63) is 58.5 Å². The number of primary amides is 1. The van der Waals surface area contributed by atoms with Crippen molar-refractivity contribution in [2.45, 2.75) is 25.1 Å². The first-order valence-corrected chi connectivity index (χ1v) is 7.78. The maximum atomic E-state index is 12.4. The third-order valence-corrected chi connectivity index (χ3v) is 4.29. The van der Waals surface area contributed by atoms with E-state index in [0.717, 1.165) is 5.56 Å². The predicted molar refractivity (Wildman–Crippen MR) is 89.8 cm³/mol. The fourth-order valence-corrected chi connectivity index (χ4v) is 2.98. The highest BCUT2D eigenvalue weighted by Gasteiger charge is 2.36. The number of hydrogen-bond acceptors (Lipinski definition) is 5. The zero-order valence-electron chi connectivity index (χ0n) is 13.5. The molecular weight excluding hydrogens is 308 g/mol. The van der Waals surface area contributed by atoms with Crippen molar-refractivity contribution in [3.63, 3.8) is 0 Å². The summed E-state index contributed by atoms with van der Waals surface area (Å²) in [5, 5.41) is 4.23. The van der Waals surface area contributed by atoms with Crippen LogP contribution in [0.3, 0.4) is 0 Å². The Bertz CT molecular complexity index is 775. The average Bonchev–Trinajstić information content (AvgIpc) is 3.02. The van der Waals surface area contributed by atoms with Crippen LogP contribution >= 0.6 is 0 Å². The number of carbonyl (C=O) groups excluding carboxylic acids is 1. The highest BCUT2D eigenvalue weighted by atomic mass is 16.5. The van der Waals surface area contributed by atoms with Crippen molar-refractivity contribution in [1.82, 2.24) is 9.78 Å². The van der Waals surface area contributed by atoms with E-state index in [1.165, 1.54) is 10.7 Å². The normalized spacial score (nSPS) is 20.3. The summed E-state index contributed by atoms with van der Waals surface area (Å²) < 4.78 is 6.71. The maximum absolute atomic E-state index is 12.4. The molecule has 0 aliphatic carbocycles. The number of anilines is 1. The second-order valence-corrected chi connectivity index (χ2v) is 5.86. The molecule has 2 heterocycles. The summed E-state index contributed by atoms with van der Waals surface area (Å²) in [6.45, 7) is 0.911. The lowest BCUT2D eigenvalue weighted by Crippen LogP contribution is -2.41. The van der Waals surface area contributed by atoms with E-state index < -0.39 is 11.9 Å². The fourth-order valence-electron chi connectivity index (χ4n) is 2.98. The third-order valence-electron chi connectivity index (χ3n) is 4.29. The minimum atomic E-state index is -0.485. The molecule has 7 heteroatoms. The van der Waals surface area contributed by atoms with Crippen molar-refractivity contribution in [1.29, 1.82) is 0 Å². The molecule has 1 aliphatic rings. The molecule has 1 amide bonds. The SMILES string of the molecule is CO[C@H]1C[C@@H](C(N)=O)N(c2cnn(Cc3ccccc3)c(=O)c2)C1. The number of methoxy groups -OCH3 is 1. The number of nitrogens with two attached hydrogens (primary N) is 1. The van der Waals surface area contributed by atoms with E-state index in [0.29, 0.717) is 25.2 Å². The van der Waals surface area contributed by atoms with Crippen LogP contribution in [0.15, 0.2) is 47.4 Å². The highest BCUT2D eigenvalue weighted by Crippen LogP contribution is 2.25. The molecule has 1 aromatic heterocycles. The van der Waals surface area contributed by atoms with Gasteiger partial charge in [-0.05, 0) is 5.56 Å². The number of rotatable bonds is 5. The summed E-state index contributed by atoms with van der Waals surface area (Å²) in [5.74, 6) is -0.428. The molecule has 126 valence electrons. The number of aromatic nitrogens is 2. The predicted octanol–water partition coefficient (Wildman–Crippen LogP) is 0.371. The topological polar surface area (TPSA) is 90.4 Å². The van der Waals surface area contributed by atoms with Gasteiger partial charge in [0.05, 0.1) is 24.5 Å². The van der Waals surface area contributed by atoms with Crippen LogP contribution in [0.25, 0.3) is 0 Å². The highest BCUT2D eigenvalue weighted by molar-refractivity contribution is 5.84. The summed E-state index contributed by atoms with van der Waals surface area (Å²) in [7, 11) is 1.60. The van der Waals surface area contributed by atoms with Gasteiger partial charge in [-0.15, -0.1) is 0 Å². The minimum absolute atomic E-state index is 0.0887. The zero-order chi connectivity index (χ0) is 17.1. The van der Waals surface area contributed by atoms with Crippen molar-refractivity contribution in [2.24, 2.45) is 5.73 Å². The van der Waals surface area contributed by atoms with Crippen molar-refractivity contribution >= 4 is 11.6 Å². The molecule has 1 aliphatic heterocycles. The Labute approximate surface area is 139 Å². The molecule has 0 saturated carbocycles. The maximum Gasteiger partial charge on any atom is 0.269 e. The van der Waals surface area contributed by atoms with Gasteiger partial charge in [0.2, 0.25) is 5.91 Å². The van der Waals surface area contributed by atoms with Crippen molar-refractivity contribution in [2.75, 3.05) is 18.6 Å². The first-order valence-electron chi connectivity index (χ1n) is 7.78. The van der Waals surface area contributed by atoms with Gasteiger partial charge in [-0.2, -0.15) is 5.10 Å². The average molecular weight is 328 g/mol. The standard InChI is InChI=1S/C17H20N4O3/c1-24-14-8-15(17(18)23)20(11-14)13-7-16(22)21(19-9-13)10-12-5-3-2-4-6-12/h2-7,9,14-15H,8,10-11H2,1H3,(H2,18,23)/t14-,15-/m0/s1. The van der Waals surface area contributed by atoms with Crippen LogP contribution in [0.5, 0.6) is 0 Å². The van der Waals surface area contributed by atoms with Crippen molar-refractivity contribution < 1.29 is 9.53 Å². The molecule has 1 saturated heterocycles. The van der Waals surface area contributed by atoms with Gasteiger partial charge in [0.1, 0.15) is 6.04 Å². The monoisotopic (exact) mass is 328 g/mol. The zero-order valence-corrected chi connectivity index (χ0v) is 13.5. The van der Waals surface area contributed by atoms with Gasteiger partial charge < -0.3 is 15.4 Å². The van der Waals surface area contributed by atoms with Crippen LogP contribution in [0.4, 0.5) is 5.69 Å². The van der Waals surface area contributed by atoms with E-state index in [-0.39, 0.29) is 11.7 Å². The first kappa shape index (κ1) is 16.2. The molecule has 0 radical (unpaired) electrons. The molecule has 1 fully saturated rings. The Morgan fingerprint density at radius 3 is 2.75 bits per heavy atom. The number of ether oxygens (including phenoxy) is 1. The van der Waals surface area contributed by atoms with Gasteiger partial charge >= 0.3 is 0 Å². The first-order chi connectivity index (χ1) is 11.6. The molecule has 0 bridgehead atoms. The molecule has 0 unspecified atom stereocenters. The second kappa shape index (κ2) is 6.84. The lowest BCUT2D eigenvalue weighted by Gasteiger charge is -2.23. The van der Waals surface area contributed by atoms with E-state index >= 15 is 0 Å². The summed E-state index contributed by atoms with van der Waals surface area (Å²) >= 11 is 0. The van der Waals surface area contributed by atoms with Crippen LogP contribution in [0.1, 0.15) is 12.0 Å². The molecule has 3 rings (SSSR count). The fraction of sp³-hybridized carbons (Fsp3) is 0.353. The van der Waals surface area contributed by atoms with E-state index in [4.69, 9.17) is 10.5 Å². The minimum Gasteiger partial charge on any atom is -0.380 e. The van der Waals surface area contributed by atoms with Gasteiger partial charge in [-0.1, -0.05) is 30.3 Å². The van der Waals surface area contributed by atoms with Gasteiger partial charge in [0, 0.05) is 26.1 Å². The number of benzene rings is 1. The summed E-state index contributed by atoms with van der Waals surface area (Å²) in [6, 6.07) is 10.6. The Balaban J connectivity index is 1.84. The number of nitrogens with zero attached hydrogens (tertiary/aromatic N) is 3. The van der Waals surface area contributed by atoms with Crippen LogP contribution in [0, 0.1) is 0 Å². The molecule has 2 N–H and O–H groups in total. The van der Waals surface area contributed by atoms with Gasteiger partial charge in [0.25, 0.3) is 5.56 Å². The Hall–Kier alpha value is -2.67. The quantitative estimate of drug-likeness (QED) is 0.856. The smallest absolute Gasteiger partial charge is 0.269 e. The molecular formula is C17H20N4O3. The van der Waals surface area contributed by atoms with Gasteiger partial charge in [-0.3, -0.25) is 9.59 Å². The molecule has 24 heavy (non-hydrogen) atoms. The number of amides is 1. The van der Waals surface area contributed by atoms with Crippen LogP contribution in [-0.2, 0) is 16.1 Å². The van der Waals surface area contributed by atoms with Gasteiger partial charge in [0.15, 0.2) is 0 Å². The van der Waals surface area contributed by atoms with E-state index in [2.05, 4.69) is 5.10 Å². The third kappa shape index (κ3) is 3.30. The largest absolute Gasteiger partial charge is 0.380 e. The lowest BCUT2D eigenvalue weighted by atomic mass is 10.2. The number of carbonyl (C=O) groups is 1. The van der Waals surface area contributed by atoms with E-state index in [9.17, 15) is 9.59 Å². The van der Waals surface area contributed by atoms with E-state index in [1.54, 1.807) is 18.2 Å². The van der Waals surface area contributed by atoms with Crippen LogP contribution in [-0.4, -0.2) is 41.5 Å².